The van der Waals surface area contributed by atoms with E-state index in [-0.39, 0.29) is 5.91 Å². The van der Waals surface area contributed by atoms with E-state index in [9.17, 15) is 4.79 Å². The van der Waals surface area contributed by atoms with Gasteiger partial charge in [0.2, 0.25) is 0 Å². The highest BCUT2D eigenvalue weighted by molar-refractivity contribution is 9.10. The van der Waals surface area contributed by atoms with Gasteiger partial charge in [0.25, 0.3) is 5.91 Å². The quantitative estimate of drug-likeness (QED) is 0.718. The molecule has 2 aromatic carbocycles. The Balaban J connectivity index is 2.24. The molecule has 0 fully saturated rings. The summed E-state index contributed by atoms with van der Waals surface area (Å²) < 4.78 is 17.0. The molecular formula is C19H22BrNO4. The van der Waals surface area contributed by atoms with Crippen LogP contribution in [0.25, 0.3) is 0 Å². The van der Waals surface area contributed by atoms with Crippen LogP contribution in [-0.2, 0) is 0 Å². The Morgan fingerprint density at radius 1 is 1.04 bits per heavy atom. The number of anilines is 1. The second-order valence-corrected chi connectivity index (χ2v) is 6.78. The molecule has 0 atom stereocenters. The average molecular weight is 408 g/mol. The summed E-state index contributed by atoms with van der Waals surface area (Å²) in [5.41, 5.74) is 1.07. The second kappa shape index (κ2) is 8.76. The van der Waals surface area contributed by atoms with E-state index in [4.69, 9.17) is 14.2 Å². The number of hydrogen-bond donors (Lipinski definition) is 1. The van der Waals surface area contributed by atoms with Crippen LogP contribution >= 0.6 is 15.9 Å². The van der Waals surface area contributed by atoms with Crippen LogP contribution in [0.4, 0.5) is 5.69 Å². The van der Waals surface area contributed by atoms with Gasteiger partial charge in [-0.15, -0.1) is 0 Å². The van der Waals surface area contributed by atoms with E-state index in [2.05, 4.69) is 35.1 Å². The van der Waals surface area contributed by atoms with Crippen molar-refractivity contribution in [1.82, 2.24) is 0 Å². The number of ether oxygens (including phenoxy) is 3. The second-order valence-electron chi connectivity index (χ2n) is 5.87. The summed E-state index contributed by atoms with van der Waals surface area (Å²) in [6, 6.07) is 10.6. The van der Waals surface area contributed by atoms with E-state index in [1.165, 1.54) is 0 Å². The number of nitrogens with one attached hydrogen (secondary N) is 1. The number of rotatable bonds is 7. The number of benzene rings is 2. The van der Waals surface area contributed by atoms with Crippen LogP contribution in [-0.4, -0.2) is 26.7 Å². The highest BCUT2D eigenvalue weighted by Crippen LogP contribution is 2.31. The van der Waals surface area contributed by atoms with Crippen molar-refractivity contribution in [3.8, 4) is 17.2 Å². The first-order valence-corrected chi connectivity index (χ1v) is 8.69. The van der Waals surface area contributed by atoms with Gasteiger partial charge in [-0.3, -0.25) is 4.79 Å². The van der Waals surface area contributed by atoms with Gasteiger partial charge in [-0.25, -0.2) is 0 Å². The predicted molar refractivity (Wildman–Crippen MR) is 102 cm³/mol. The lowest BCUT2D eigenvalue weighted by Crippen LogP contribution is -2.15. The third kappa shape index (κ3) is 5.13. The van der Waals surface area contributed by atoms with Crippen molar-refractivity contribution in [3.05, 3.63) is 46.4 Å². The highest BCUT2D eigenvalue weighted by Gasteiger charge is 2.15. The van der Waals surface area contributed by atoms with Crippen molar-refractivity contribution in [2.24, 2.45) is 5.92 Å². The lowest BCUT2D eigenvalue weighted by Gasteiger charge is -2.14. The summed E-state index contributed by atoms with van der Waals surface area (Å²) in [6.45, 7) is 4.66. The summed E-state index contributed by atoms with van der Waals surface area (Å²) in [4.78, 5) is 12.7. The number of methoxy groups -OCH3 is 2. The molecule has 5 nitrogen and oxygen atoms in total. The van der Waals surface area contributed by atoms with Gasteiger partial charge in [-0.05, 0) is 36.2 Å². The van der Waals surface area contributed by atoms with Gasteiger partial charge in [0.05, 0.1) is 26.4 Å². The highest BCUT2D eigenvalue weighted by atomic mass is 79.9. The van der Waals surface area contributed by atoms with Crippen LogP contribution in [0.2, 0.25) is 0 Å². The molecule has 0 radical (unpaired) electrons. The standard InChI is InChI=1S/C19H22BrNO4/c1-12(2)11-25-16-7-5-13(20)9-15(16)19(22)21-14-6-8-17(23-3)18(10-14)24-4/h5-10,12H,11H2,1-4H3,(H,21,22). The van der Waals surface area contributed by atoms with Crippen molar-refractivity contribution in [1.29, 1.82) is 0 Å². The summed E-state index contributed by atoms with van der Waals surface area (Å²) in [5, 5.41) is 2.86. The molecule has 0 saturated carbocycles. The maximum absolute atomic E-state index is 12.7. The van der Waals surface area contributed by atoms with Gasteiger partial charge in [0.1, 0.15) is 5.75 Å². The molecule has 0 unspecified atom stereocenters. The average Bonchev–Trinajstić information content (AvgIpc) is 2.60. The lowest BCUT2D eigenvalue weighted by atomic mass is 10.1. The zero-order valence-corrected chi connectivity index (χ0v) is 16.3. The molecule has 0 saturated heterocycles. The van der Waals surface area contributed by atoms with E-state index in [1.807, 2.05) is 6.07 Å². The fraction of sp³-hybridized carbons (Fsp3) is 0.316. The van der Waals surface area contributed by atoms with Gasteiger partial charge >= 0.3 is 0 Å². The molecule has 0 heterocycles. The van der Waals surface area contributed by atoms with Crippen molar-refractivity contribution in [3.63, 3.8) is 0 Å². The van der Waals surface area contributed by atoms with Crippen molar-refractivity contribution < 1.29 is 19.0 Å². The number of carbonyl (C=O) groups is 1. The van der Waals surface area contributed by atoms with Crippen LogP contribution < -0.4 is 19.5 Å². The topological polar surface area (TPSA) is 56.8 Å². The summed E-state index contributed by atoms with van der Waals surface area (Å²) in [5.74, 6) is 1.81. The van der Waals surface area contributed by atoms with Crippen LogP contribution in [0.5, 0.6) is 17.2 Å². The number of hydrogen-bond acceptors (Lipinski definition) is 4. The zero-order chi connectivity index (χ0) is 18.4. The monoisotopic (exact) mass is 407 g/mol. The van der Waals surface area contributed by atoms with Gasteiger partial charge in [0.15, 0.2) is 11.5 Å². The minimum atomic E-state index is -0.257. The Hall–Kier alpha value is -2.21. The molecule has 0 aliphatic rings. The van der Waals surface area contributed by atoms with Crippen LogP contribution in [0.3, 0.4) is 0 Å². The third-order valence-corrected chi connectivity index (χ3v) is 3.89. The van der Waals surface area contributed by atoms with Crippen molar-refractivity contribution in [2.75, 3.05) is 26.1 Å². The first kappa shape index (κ1) is 19.1. The summed E-state index contributed by atoms with van der Waals surface area (Å²) >= 11 is 3.40. The van der Waals surface area contributed by atoms with Crippen LogP contribution in [0.1, 0.15) is 24.2 Å². The maximum atomic E-state index is 12.7. The smallest absolute Gasteiger partial charge is 0.259 e. The van der Waals surface area contributed by atoms with Gasteiger partial charge in [-0.2, -0.15) is 0 Å². The summed E-state index contributed by atoms with van der Waals surface area (Å²) in [7, 11) is 3.12. The Labute approximate surface area is 156 Å². The van der Waals surface area contributed by atoms with Crippen LogP contribution in [0.15, 0.2) is 40.9 Å². The molecule has 134 valence electrons. The Morgan fingerprint density at radius 3 is 2.36 bits per heavy atom. The molecule has 2 rings (SSSR count). The molecule has 1 amide bonds. The molecule has 0 aliphatic carbocycles. The zero-order valence-electron chi connectivity index (χ0n) is 14.8. The van der Waals surface area contributed by atoms with Crippen molar-refractivity contribution in [2.45, 2.75) is 13.8 Å². The molecule has 25 heavy (non-hydrogen) atoms. The molecule has 0 spiro atoms. The van der Waals surface area contributed by atoms with Crippen LogP contribution in [0, 0.1) is 5.92 Å². The number of carbonyl (C=O) groups excluding carboxylic acids is 1. The lowest BCUT2D eigenvalue weighted by molar-refractivity contribution is 0.102. The largest absolute Gasteiger partial charge is 0.493 e. The normalized spacial score (nSPS) is 10.5. The van der Waals surface area contributed by atoms with E-state index >= 15 is 0 Å². The molecule has 6 heteroatoms. The number of amides is 1. The van der Waals surface area contributed by atoms with E-state index in [0.717, 1.165) is 4.47 Å². The summed E-state index contributed by atoms with van der Waals surface area (Å²) in [6.07, 6.45) is 0. The fourth-order valence-electron chi connectivity index (χ4n) is 2.17. The first-order valence-electron chi connectivity index (χ1n) is 7.90. The van der Waals surface area contributed by atoms with Gasteiger partial charge in [0, 0.05) is 16.2 Å². The molecule has 0 aliphatic heterocycles. The Bertz CT molecular complexity index is 746. The minimum absolute atomic E-state index is 0.257. The van der Waals surface area contributed by atoms with E-state index in [1.54, 1.807) is 44.6 Å². The van der Waals surface area contributed by atoms with Crippen molar-refractivity contribution >= 4 is 27.5 Å². The maximum Gasteiger partial charge on any atom is 0.259 e. The van der Waals surface area contributed by atoms with E-state index in [0.29, 0.717) is 41.0 Å². The molecular weight excluding hydrogens is 386 g/mol. The first-order chi connectivity index (χ1) is 11.9. The van der Waals surface area contributed by atoms with Gasteiger partial charge < -0.3 is 19.5 Å². The Kier molecular flexibility index (Phi) is 6.70. The molecule has 0 aromatic heterocycles. The molecule has 0 bridgehead atoms. The molecule has 1 N–H and O–H groups in total. The van der Waals surface area contributed by atoms with E-state index < -0.39 is 0 Å². The SMILES string of the molecule is COc1ccc(NC(=O)c2cc(Br)ccc2OCC(C)C)cc1OC. The number of halogens is 1. The Morgan fingerprint density at radius 2 is 1.72 bits per heavy atom. The predicted octanol–water partition coefficient (Wildman–Crippen LogP) is 4.75. The fourth-order valence-corrected chi connectivity index (χ4v) is 2.54. The minimum Gasteiger partial charge on any atom is -0.493 e. The van der Waals surface area contributed by atoms with Gasteiger partial charge in [-0.1, -0.05) is 29.8 Å². The molecule has 2 aromatic rings. The third-order valence-electron chi connectivity index (χ3n) is 3.40.